The summed E-state index contributed by atoms with van der Waals surface area (Å²) in [6, 6.07) is 2.81. The minimum absolute atomic E-state index is 0.0377. The van der Waals surface area contributed by atoms with Crippen molar-refractivity contribution in [2.24, 2.45) is 0 Å². The standard InChI is InChI=1S/C14H16N2O8S/c17-13(18)10-7-11(9-12(8-10)16(20)21)14(19)24-4-1-15-2-5-25(22,23)6-3-15/h7-9H,1-6H2,(H,17,18). The first kappa shape index (κ1) is 18.8. The van der Waals surface area contributed by atoms with Crippen molar-refractivity contribution in [1.29, 1.82) is 0 Å². The van der Waals surface area contributed by atoms with Crippen molar-refractivity contribution in [3.8, 4) is 0 Å². The molecule has 0 aliphatic carbocycles. The summed E-state index contributed by atoms with van der Waals surface area (Å²) in [5, 5.41) is 19.8. The van der Waals surface area contributed by atoms with E-state index in [4.69, 9.17) is 9.84 Å². The van der Waals surface area contributed by atoms with E-state index >= 15 is 0 Å². The Morgan fingerprint density at radius 2 is 1.80 bits per heavy atom. The second-order valence-electron chi connectivity index (χ2n) is 5.46. The van der Waals surface area contributed by atoms with E-state index in [2.05, 4.69) is 0 Å². The number of carboxylic acid groups (broad SMARTS) is 1. The zero-order valence-corrected chi connectivity index (χ0v) is 13.9. The molecule has 0 saturated carbocycles. The van der Waals surface area contributed by atoms with Crippen LogP contribution in [0.2, 0.25) is 0 Å². The van der Waals surface area contributed by atoms with Gasteiger partial charge in [-0.05, 0) is 6.07 Å². The van der Waals surface area contributed by atoms with E-state index in [0.29, 0.717) is 19.6 Å². The van der Waals surface area contributed by atoms with E-state index in [0.717, 1.165) is 18.2 Å². The monoisotopic (exact) mass is 372 g/mol. The van der Waals surface area contributed by atoms with E-state index in [-0.39, 0.29) is 29.2 Å². The van der Waals surface area contributed by atoms with Gasteiger partial charge in [0.05, 0.1) is 27.6 Å². The van der Waals surface area contributed by atoms with Crippen LogP contribution < -0.4 is 0 Å². The number of carbonyl (C=O) groups excluding carboxylic acids is 1. The predicted molar refractivity (Wildman–Crippen MR) is 85.4 cm³/mol. The van der Waals surface area contributed by atoms with Gasteiger partial charge in [0.15, 0.2) is 9.84 Å². The fraction of sp³-hybridized carbons (Fsp3) is 0.429. The highest BCUT2D eigenvalue weighted by molar-refractivity contribution is 7.91. The van der Waals surface area contributed by atoms with Crippen molar-refractivity contribution in [2.45, 2.75) is 0 Å². The summed E-state index contributed by atoms with van der Waals surface area (Å²) in [7, 11) is -2.99. The second kappa shape index (κ2) is 7.57. The SMILES string of the molecule is O=C(O)c1cc(C(=O)OCCN2CCS(=O)(=O)CC2)cc([N+](=O)[O-])c1. The summed E-state index contributed by atoms with van der Waals surface area (Å²) < 4.78 is 27.7. The molecule has 0 amide bonds. The largest absolute Gasteiger partial charge is 0.478 e. The number of sulfone groups is 1. The zero-order chi connectivity index (χ0) is 18.6. The van der Waals surface area contributed by atoms with Crippen LogP contribution in [0, 0.1) is 10.1 Å². The number of hydrogen-bond donors (Lipinski definition) is 1. The summed E-state index contributed by atoms with van der Waals surface area (Å²) >= 11 is 0. The van der Waals surface area contributed by atoms with Crippen LogP contribution in [0.1, 0.15) is 20.7 Å². The van der Waals surface area contributed by atoms with Crippen molar-refractivity contribution in [3.63, 3.8) is 0 Å². The summed E-state index contributed by atoms with van der Waals surface area (Å²) in [5.41, 5.74) is -1.14. The molecule has 1 saturated heterocycles. The molecule has 1 aromatic carbocycles. The smallest absolute Gasteiger partial charge is 0.338 e. The van der Waals surface area contributed by atoms with E-state index in [9.17, 15) is 28.1 Å². The van der Waals surface area contributed by atoms with E-state index < -0.39 is 32.4 Å². The molecule has 1 heterocycles. The number of aromatic carboxylic acids is 1. The van der Waals surface area contributed by atoms with Gasteiger partial charge in [0, 0.05) is 31.8 Å². The lowest BCUT2D eigenvalue weighted by Crippen LogP contribution is -2.41. The molecule has 11 heteroatoms. The van der Waals surface area contributed by atoms with Gasteiger partial charge in [0.25, 0.3) is 5.69 Å². The van der Waals surface area contributed by atoms with Gasteiger partial charge in [-0.2, -0.15) is 0 Å². The molecule has 1 aromatic rings. The summed E-state index contributed by atoms with van der Waals surface area (Å²) in [6.07, 6.45) is 0. The third-order valence-electron chi connectivity index (χ3n) is 3.69. The lowest BCUT2D eigenvalue weighted by Gasteiger charge is -2.26. The number of ether oxygens (including phenoxy) is 1. The molecule has 0 spiro atoms. The van der Waals surface area contributed by atoms with Crippen LogP contribution in [0.5, 0.6) is 0 Å². The first-order chi connectivity index (χ1) is 11.7. The molecule has 0 unspecified atom stereocenters. The molecule has 0 atom stereocenters. The average molecular weight is 372 g/mol. The van der Waals surface area contributed by atoms with Gasteiger partial charge in [-0.1, -0.05) is 0 Å². The van der Waals surface area contributed by atoms with E-state index in [1.165, 1.54) is 0 Å². The molecule has 0 radical (unpaired) electrons. The lowest BCUT2D eigenvalue weighted by molar-refractivity contribution is -0.384. The number of rotatable bonds is 6. The molecule has 136 valence electrons. The molecule has 2 rings (SSSR count). The minimum atomic E-state index is -2.99. The molecule has 0 aromatic heterocycles. The Balaban J connectivity index is 1.96. The van der Waals surface area contributed by atoms with Gasteiger partial charge in [0.1, 0.15) is 6.61 Å². The summed E-state index contributed by atoms with van der Waals surface area (Å²) in [4.78, 5) is 34.8. The van der Waals surface area contributed by atoms with Crippen LogP contribution in [-0.4, -0.2) is 73.0 Å². The lowest BCUT2D eigenvalue weighted by atomic mass is 10.1. The Hall–Kier alpha value is -2.53. The first-order valence-corrected chi connectivity index (χ1v) is 9.13. The van der Waals surface area contributed by atoms with Crippen LogP contribution in [0.4, 0.5) is 5.69 Å². The number of nitro groups is 1. The Morgan fingerprint density at radius 3 is 2.36 bits per heavy atom. The van der Waals surface area contributed by atoms with Crippen LogP contribution in [0.15, 0.2) is 18.2 Å². The molecular weight excluding hydrogens is 356 g/mol. The number of esters is 1. The van der Waals surface area contributed by atoms with Gasteiger partial charge in [-0.25, -0.2) is 18.0 Å². The Morgan fingerprint density at radius 1 is 1.20 bits per heavy atom. The number of carbonyl (C=O) groups is 2. The fourth-order valence-corrected chi connectivity index (χ4v) is 3.56. The van der Waals surface area contributed by atoms with Crippen molar-refractivity contribution < 1.29 is 32.8 Å². The van der Waals surface area contributed by atoms with Crippen molar-refractivity contribution in [3.05, 3.63) is 39.4 Å². The maximum atomic E-state index is 12.0. The third-order valence-corrected chi connectivity index (χ3v) is 5.30. The maximum Gasteiger partial charge on any atom is 0.338 e. The molecular formula is C14H16N2O8S. The number of benzene rings is 1. The highest BCUT2D eigenvalue weighted by Gasteiger charge is 2.22. The number of nitrogens with zero attached hydrogens (tertiary/aromatic N) is 2. The molecule has 1 N–H and O–H groups in total. The van der Waals surface area contributed by atoms with Crippen LogP contribution >= 0.6 is 0 Å². The van der Waals surface area contributed by atoms with Crippen LogP contribution in [-0.2, 0) is 14.6 Å². The van der Waals surface area contributed by atoms with Crippen molar-refractivity contribution in [1.82, 2.24) is 4.90 Å². The Bertz CT molecular complexity index is 759. The second-order valence-corrected chi connectivity index (χ2v) is 7.76. The topological polar surface area (TPSA) is 144 Å². The van der Waals surface area contributed by atoms with Crippen molar-refractivity contribution >= 4 is 27.5 Å². The van der Waals surface area contributed by atoms with E-state index in [1.807, 2.05) is 4.90 Å². The molecule has 10 nitrogen and oxygen atoms in total. The van der Waals surface area contributed by atoms with Gasteiger partial charge in [0.2, 0.25) is 0 Å². The molecule has 1 aliphatic heterocycles. The Kier molecular flexibility index (Phi) is 5.69. The number of non-ortho nitro benzene ring substituents is 1. The number of carboxylic acids is 1. The van der Waals surface area contributed by atoms with Gasteiger partial charge >= 0.3 is 11.9 Å². The minimum Gasteiger partial charge on any atom is -0.478 e. The van der Waals surface area contributed by atoms with Gasteiger partial charge in [-0.3, -0.25) is 15.0 Å². The zero-order valence-electron chi connectivity index (χ0n) is 13.1. The van der Waals surface area contributed by atoms with Crippen molar-refractivity contribution in [2.75, 3.05) is 37.7 Å². The van der Waals surface area contributed by atoms with E-state index in [1.54, 1.807) is 0 Å². The molecule has 0 bridgehead atoms. The molecule has 1 fully saturated rings. The Labute approximate surface area is 143 Å². The highest BCUT2D eigenvalue weighted by Crippen LogP contribution is 2.18. The van der Waals surface area contributed by atoms with Crippen LogP contribution in [0.3, 0.4) is 0 Å². The summed E-state index contributed by atoms with van der Waals surface area (Å²) in [5.74, 6) is -2.18. The predicted octanol–water partition coefficient (Wildman–Crippen LogP) is 0.180. The number of nitro benzene ring substituents is 1. The third kappa shape index (κ3) is 5.22. The highest BCUT2D eigenvalue weighted by atomic mass is 32.2. The van der Waals surface area contributed by atoms with Gasteiger partial charge < -0.3 is 9.84 Å². The number of hydrogen-bond acceptors (Lipinski definition) is 8. The molecule has 25 heavy (non-hydrogen) atoms. The maximum absolute atomic E-state index is 12.0. The first-order valence-electron chi connectivity index (χ1n) is 7.30. The van der Waals surface area contributed by atoms with Gasteiger partial charge in [-0.15, -0.1) is 0 Å². The average Bonchev–Trinajstić information content (AvgIpc) is 2.55. The van der Waals surface area contributed by atoms with Crippen LogP contribution in [0.25, 0.3) is 0 Å². The quantitative estimate of drug-likeness (QED) is 0.420. The molecule has 1 aliphatic rings. The summed E-state index contributed by atoms with van der Waals surface area (Å²) in [6.45, 7) is 0.978. The normalized spacial score (nSPS) is 17.0. The fourth-order valence-electron chi connectivity index (χ4n) is 2.28.